The minimum absolute atomic E-state index is 0. The average molecular weight is 533 g/mol. The van der Waals surface area contributed by atoms with Crippen LogP contribution in [0.3, 0.4) is 0 Å². The molecule has 3 aromatic rings. The average Bonchev–Trinajstić information content (AvgIpc) is 3.25. The molecular weight excluding hydrogens is 505 g/mol. The van der Waals surface area contributed by atoms with Crippen LogP contribution >= 0.6 is 24.0 Å². The van der Waals surface area contributed by atoms with Gasteiger partial charge in [-0.25, -0.2) is 4.98 Å². The van der Waals surface area contributed by atoms with Gasteiger partial charge in [-0.05, 0) is 36.2 Å². The Morgan fingerprint density at radius 3 is 2.42 bits per heavy atom. The number of halogens is 1. The number of anilines is 1. The highest BCUT2D eigenvalue weighted by Crippen LogP contribution is 2.17. The number of oxazole rings is 1. The van der Waals surface area contributed by atoms with E-state index in [1.165, 1.54) is 0 Å². The number of carbonyl (C=O) groups excluding carboxylic acids is 1. The van der Waals surface area contributed by atoms with Gasteiger partial charge in [0.2, 0.25) is 11.8 Å². The first kappa shape index (κ1) is 24.4. The molecule has 0 radical (unpaired) electrons. The molecule has 8 heteroatoms. The van der Waals surface area contributed by atoms with E-state index in [4.69, 9.17) is 4.42 Å². The molecule has 3 rings (SSSR count). The van der Waals surface area contributed by atoms with Gasteiger partial charge in [-0.1, -0.05) is 37.3 Å². The standard InChI is InChI=1S/C23H27N5O2.HI/c1-3-7-21(29)27-19-12-10-17(11-13-19)14-25-23(24-2)26-15-20-16-30-22(28-20)18-8-5-4-6-9-18;/h4-6,8-13,16H,3,7,14-15H2,1-2H3,(H,27,29)(H2,24,25,26);1H. The van der Waals surface area contributed by atoms with E-state index in [0.717, 1.165) is 28.9 Å². The topological polar surface area (TPSA) is 91.5 Å². The second-order valence-corrected chi connectivity index (χ2v) is 6.78. The molecule has 1 amide bonds. The lowest BCUT2D eigenvalue weighted by Crippen LogP contribution is -2.36. The molecule has 2 aromatic carbocycles. The van der Waals surface area contributed by atoms with Crippen LogP contribution in [0.25, 0.3) is 11.5 Å². The fourth-order valence-corrected chi connectivity index (χ4v) is 2.84. The van der Waals surface area contributed by atoms with Crippen LogP contribution in [0.5, 0.6) is 0 Å². The molecule has 0 atom stereocenters. The summed E-state index contributed by atoms with van der Waals surface area (Å²) in [6, 6.07) is 17.6. The Labute approximate surface area is 199 Å². The maximum Gasteiger partial charge on any atom is 0.226 e. The molecule has 0 aliphatic carbocycles. The first-order chi connectivity index (χ1) is 14.7. The molecule has 0 aliphatic rings. The van der Waals surface area contributed by atoms with Crippen molar-refractivity contribution < 1.29 is 9.21 Å². The minimum Gasteiger partial charge on any atom is -0.444 e. The van der Waals surface area contributed by atoms with E-state index in [1.807, 2.05) is 61.5 Å². The van der Waals surface area contributed by atoms with Crippen LogP contribution in [-0.4, -0.2) is 23.9 Å². The van der Waals surface area contributed by atoms with Crippen molar-refractivity contribution in [1.82, 2.24) is 15.6 Å². The number of aromatic nitrogens is 1. The number of benzene rings is 2. The van der Waals surface area contributed by atoms with E-state index in [1.54, 1.807) is 13.3 Å². The SMILES string of the molecule is CCCC(=O)Nc1ccc(CNC(=NC)NCc2coc(-c3ccccc3)n2)cc1.I. The molecular formula is C23H28IN5O2. The van der Waals surface area contributed by atoms with Gasteiger partial charge in [0, 0.05) is 31.3 Å². The lowest BCUT2D eigenvalue weighted by molar-refractivity contribution is -0.116. The number of carbonyl (C=O) groups is 1. The van der Waals surface area contributed by atoms with Crippen molar-refractivity contribution in [3.05, 3.63) is 72.1 Å². The summed E-state index contributed by atoms with van der Waals surface area (Å²) in [6.45, 7) is 3.09. The normalized spacial score (nSPS) is 10.8. The van der Waals surface area contributed by atoms with Gasteiger partial charge in [0.1, 0.15) is 6.26 Å². The molecule has 0 saturated heterocycles. The molecule has 1 heterocycles. The van der Waals surface area contributed by atoms with Crippen molar-refractivity contribution in [2.24, 2.45) is 4.99 Å². The smallest absolute Gasteiger partial charge is 0.226 e. The van der Waals surface area contributed by atoms with Crippen molar-refractivity contribution in [2.45, 2.75) is 32.9 Å². The highest BCUT2D eigenvalue weighted by molar-refractivity contribution is 14.0. The van der Waals surface area contributed by atoms with E-state index < -0.39 is 0 Å². The van der Waals surface area contributed by atoms with Crippen molar-refractivity contribution in [3.8, 4) is 11.5 Å². The van der Waals surface area contributed by atoms with Gasteiger partial charge in [-0.15, -0.1) is 24.0 Å². The third-order valence-corrected chi connectivity index (χ3v) is 4.41. The van der Waals surface area contributed by atoms with Crippen molar-refractivity contribution in [2.75, 3.05) is 12.4 Å². The molecule has 0 saturated carbocycles. The summed E-state index contributed by atoms with van der Waals surface area (Å²) in [5, 5.41) is 9.39. The Morgan fingerprint density at radius 2 is 1.74 bits per heavy atom. The van der Waals surface area contributed by atoms with Crippen LogP contribution in [0.1, 0.15) is 31.0 Å². The second-order valence-electron chi connectivity index (χ2n) is 6.78. The summed E-state index contributed by atoms with van der Waals surface area (Å²) in [5.41, 5.74) is 3.63. The van der Waals surface area contributed by atoms with Crippen molar-refractivity contribution in [1.29, 1.82) is 0 Å². The van der Waals surface area contributed by atoms with Crippen molar-refractivity contribution in [3.63, 3.8) is 0 Å². The van der Waals surface area contributed by atoms with E-state index in [-0.39, 0.29) is 29.9 Å². The molecule has 1 aromatic heterocycles. The minimum atomic E-state index is 0. The zero-order chi connectivity index (χ0) is 21.2. The van der Waals surface area contributed by atoms with Gasteiger partial charge in [0.05, 0.1) is 12.2 Å². The van der Waals surface area contributed by atoms with Gasteiger partial charge < -0.3 is 20.4 Å². The van der Waals surface area contributed by atoms with E-state index in [0.29, 0.717) is 31.4 Å². The number of nitrogens with zero attached hydrogens (tertiary/aromatic N) is 2. The lowest BCUT2D eigenvalue weighted by atomic mass is 10.2. The largest absolute Gasteiger partial charge is 0.444 e. The number of amides is 1. The Kier molecular flexibility index (Phi) is 10.0. The van der Waals surface area contributed by atoms with E-state index >= 15 is 0 Å². The molecule has 0 bridgehead atoms. The van der Waals surface area contributed by atoms with Crippen LogP contribution in [-0.2, 0) is 17.9 Å². The van der Waals surface area contributed by atoms with Gasteiger partial charge in [-0.2, -0.15) is 0 Å². The van der Waals surface area contributed by atoms with Gasteiger partial charge >= 0.3 is 0 Å². The monoisotopic (exact) mass is 533 g/mol. The van der Waals surface area contributed by atoms with Crippen molar-refractivity contribution >= 4 is 41.5 Å². The van der Waals surface area contributed by atoms with Crippen LogP contribution in [0.4, 0.5) is 5.69 Å². The maximum absolute atomic E-state index is 11.7. The number of hydrogen-bond acceptors (Lipinski definition) is 4. The zero-order valence-electron chi connectivity index (χ0n) is 17.7. The highest BCUT2D eigenvalue weighted by atomic mass is 127. The molecule has 0 spiro atoms. The molecule has 0 unspecified atom stereocenters. The molecule has 0 fully saturated rings. The molecule has 31 heavy (non-hydrogen) atoms. The van der Waals surface area contributed by atoms with Crippen LogP contribution in [0.2, 0.25) is 0 Å². The fraction of sp³-hybridized carbons (Fsp3) is 0.261. The van der Waals surface area contributed by atoms with E-state index in [9.17, 15) is 4.79 Å². The van der Waals surface area contributed by atoms with Crippen LogP contribution in [0, 0.1) is 0 Å². The first-order valence-corrected chi connectivity index (χ1v) is 10.0. The second kappa shape index (κ2) is 12.7. The lowest BCUT2D eigenvalue weighted by Gasteiger charge is -2.11. The first-order valence-electron chi connectivity index (χ1n) is 10.0. The van der Waals surface area contributed by atoms with Gasteiger partial charge in [0.25, 0.3) is 0 Å². The Bertz CT molecular complexity index is 971. The summed E-state index contributed by atoms with van der Waals surface area (Å²) < 4.78 is 5.56. The Balaban J connectivity index is 0.00000341. The quantitative estimate of drug-likeness (QED) is 0.224. The molecule has 0 aliphatic heterocycles. The number of nitrogens with one attached hydrogen (secondary N) is 3. The summed E-state index contributed by atoms with van der Waals surface area (Å²) in [4.78, 5) is 20.4. The highest BCUT2D eigenvalue weighted by Gasteiger charge is 2.07. The Hall–Kier alpha value is -2.88. The summed E-state index contributed by atoms with van der Waals surface area (Å²) in [5.74, 6) is 1.30. The summed E-state index contributed by atoms with van der Waals surface area (Å²) in [7, 11) is 1.72. The zero-order valence-corrected chi connectivity index (χ0v) is 20.1. The third-order valence-electron chi connectivity index (χ3n) is 4.41. The summed E-state index contributed by atoms with van der Waals surface area (Å²) in [6.07, 6.45) is 3.01. The number of hydrogen-bond donors (Lipinski definition) is 3. The molecule has 7 nitrogen and oxygen atoms in total. The summed E-state index contributed by atoms with van der Waals surface area (Å²) >= 11 is 0. The van der Waals surface area contributed by atoms with E-state index in [2.05, 4.69) is 25.9 Å². The third kappa shape index (κ3) is 7.71. The predicted octanol–water partition coefficient (Wildman–Crippen LogP) is 4.56. The maximum atomic E-state index is 11.7. The van der Waals surface area contributed by atoms with Gasteiger partial charge in [0.15, 0.2) is 5.96 Å². The van der Waals surface area contributed by atoms with Crippen LogP contribution < -0.4 is 16.0 Å². The van der Waals surface area contributed by atoms with Gasteiger partial charge in [-0.3, -0.25) is 9.79 Å². The molecule has 164 valence electrons. The molecule has 3 N–H and O–H groups in total. The predicted molar refractivity (Wildman–Crippen MR) is 134 cm³/mol. The Morgan fingerprint density at radius 1 is 1.03 bits per heavy atom. The fourth-order valence-electron chi connectivity index (χ4n) is 2.84. The number of guanidine groups is 1. The number of rotatable bonds is 8. The van der Waals surface area contributed by atoms with Crippen LogP contribution in [0.15, 0.2) is 70.3 Å². The number of aliphatic imine (C=N–C) groups is 1.